The normalized spacial score (nSPS) is 16.8. The van der Waals surface area contributed by atoms with Crippen molar-refractivity contribution in [2.24, 2.45) is 5.92 Å². The van der Waals surface area contributed by atoms with Crippen molar-refractivity contribution in [1.82, 2.24) is 34.4 Å². The molecule has 8 nitrogen and oxygen atoms in total. The van der Waals surface area contributed by atoms with Gasteiger partial charge in [-0.05, 0) is 36.6 Å². The quantitative estimate of drug-likeness (QED) is 0.430. The van der Waals surface area contributed by atoms with Gasteiger partial charge in [0.15, 0.2) is 0 Å². The molecule has 4 aromatic heterocycles. The van der Waals surface area contributed by atoms with Crippen molar-refractivity contribution in [3.63, 3.8) is 0 Å². The van der Waals surface area contributed by atoms with Crippen LogP contribution in [0, 0.1) is 5.92 Å². The van der Waals surface area contributed by atoms with Crippen LogP contribution in [0.1, 0.15) is 17.8 Å². The number of ether oxygens (including phenoxy) is 1. The molecule has 0 spiro atoms. The highest BCUT2D eigenvalue weighted by molar-refractivity contribution is 7.12. The summed E-state index contributed by atoms with van der Waals surface area (Å²) in [4.78, 5) is 2.49. The SMILES string of the molecule is c1cc(CN(Cc2cccn2-c2nncs2)C[C@H]2CCOC2)n(-c2nncs2)c1. The number of nitrogens with zero attached hydrogens (tertiary/aromatic N) is 7. The van der Waals surface area contributed by atoms with Gasteiger partial charge >= 0.3 is 0 Å². The Kier molecular flexibility index (Phi) is 5.48. The molecule has 0 aromatic carbocycles. The lowest BCUT2D eigenvalue weighted by Gasteiger charge is -2.25. The van der Waals surface area contributed by atoms with Crippen LogP contribution in [-0.2, 0) is 17.8 Å². The fraction of sp³-hybridized carbons (Fsp3) is 0.368. The van der Waals surface area contributed by atoms with E-state index in [1.54, 1.807) is 33.7 Å². The van der Waals surface area contributed by atoms with Gasteiger partial charge in [-0.25, -0.2) is 0 Å². The van der Waals surface area contributed by atoms with Crippen LogP contribution < -0.4 is 0 Å². The average molecular weight is 428 g/mol. The highest BCUT2D eigenvalue weighted by Gasteiger charge is 2.22. The number of rotatable bonds is 8. The molecule has 0 radical (unpaired) electrons. The Bertz CT molecular complexity index is 945. The Morgan fingerprint density at radius 1 is 0.966 bits per heavy atom. The highest BCUT2D eigenvalue weighted by atomic mass is 32.1. The average Bonchev–Trinajstić information content (AvgIpc) is 3.52. The van der Waals surface area contributed by atoms with Gasteiger partial charge < -0.3 is 4.74 Å². The van der Waals surface area contributed by atoms with Gasteiger partial charge in [-0.3, -0.25) is 14.0 Å². The maximum absolute atomic E-state index is 5.62. The van der Waals surface area contributed by atoms with Crippen LogP contribution in [0.15, 0.2) is 47.7 Å². The summed E-state index contributed by atoms with van der Waals surface area (Å²) >= 11 is 3.09. The summed E-state index contributed by atoms with van der Waals surface area (Å²) in [7, 11) is 0. The third-order valence-electron chi connectivity index (χ3n) is 5.09. The van der Waals surface area contributed by atoms with Gasteiger partial charge in [0.1, 0.15) is 11.0 Å². The predicted octanol–water partition coefficient (Wildman–Crippen LogP) is 3.01. The molecule has 29 heavy (non-hydrogen) atoms. The molecule has 5 rings (SSSR count). The standard InChI is InChI=1S/C19H21N7OS2/c1-3-16(25(6-1)18-22-20-13-28-18)10-24(9-15-5-8-27-12-15)11-17-4-2-7-26(17)19-23-21-14-29-19/h1-4,6-7,13-15H,5,8-12H2/t15-/m1/s1. The Labute approximate surface area is 176 Å². The van der Waals surface area contributed by atoms with E-state index in [1.165, 1.54) is 11.4 Å². The molecule has 10 heteroatoms. The molecule has 1 saturated heterocycles. The lowest BCUT2D eigenvalue weighted by atomic mass is 10.1. The zero-order valence-electron chi connectivity index (χ0n) is 15.8. The molecular weight excluding hydrogens is 406 g/mol. The molecule has 5 heterocycles. The van der Waals surface area contributed by atoms with Crippen molar-refractivity contribution in [1.29, 1.82) is 0 Å². The van der Waals surface area contributed by atoms with Crippen molar-refractivity contribution in [2.75, 3.05) is 19.8 Å². The third kappa shape index (κ3) is 4.15. The summed E-state index contributed by atoms with van der Waals surface area (Å²) in [5, 5.41) is 18.2. The summed E-state index contributed by atoms with van der Waals surface area (Å²) in [6, 6.07) is 8.45. The monoisotopic (exact) mass is 427 g/mol. The van der Waals surface area contributed by atoms with Gasteiger partial charge in [0.05, 0.1) is 6.61 Å². The Morgan fingerprint density at radius 2 is 1.59 bits per heavy atom. The van der Waals surface area contributed by atoms with Gasteiger partial charge in [0, 0.05) is 50.0 Å². The summed E-state index contributed by atoms with van der Waals surface area (Å²) in [5.74, 6) is 0.560. The van der Waals surface area contributed by atoms with E-state index >= 15 is 0 Å². The maximum atomic E-state index is 5.62. The number of aromatic nitrogens is 6. The first kappa shape index (κ1) is 18.6. The van der Waals surface area contributed by atoms with E-state index in [9.17, 15) is 0 Å². The van der Waals surface area contributed by atoms with E-state index in [4.69, 9.17) is 4.74 Å². The molecule has 4 aromatic rings. The van der Waals surface area contributed by atoms with Crippen molar-refractivity contribution >= 4 is 22.7 Å². The van der Waals surface area contributed by atoms with Crippen LogP contribution in [0.2, 0.25) is 0 Å². The first-order valence-corrected chi connectivity index (χ1v) is 11.3. The fourth-order valence-electron chi connectivity index (χ4n) is 3.74. The lowest BCUT2D eigenvalue weighted by Crippen LogP contribution is -2.30. The molecule has 1 aliphatic rings. The highest BCUT2D eigenvalue weighted by Crippen LogP contribution is 2.22. The number of hydrogen-bond acceptors (Lipinski definition) is 8. The first-order valence-electron chi connectivity index (χ1n) is 9.52. The number of hydrogen-bond donors (Lipinski definition) is 0. The van der Waals surface area contributed by atoms with Crippen LogP contribution in [0.3, 0.4) is 0 Å². The van der Waals surface area contributed by atoms with Crippen LogP contribution in [-0.4, -0.2) is 54.2 Å². The van der Waals surface area contributed by atoms with E-state index < -0.39 is 0 Å². The lowest BCUT2D eigenvalue weighted by molar-refractivity contribution is 0.160. The molecule has 150 valence electrons. The predicted molar refractivity (Wildman–Crippen MR) is 112 cm³/mol. The summed E-state index contributed by atoms with van der Waals surface area (Å²) in [6.07, 6.45) is 5.22. The van der Waals surface area contributed by atoms with E-state index in [2.05, 4.69) is 71.1 Å². The second kappa shape index (κ2) is 8.54. The molecule has 0 amide bonds. The minimum atomic E-state index is 0.560. The molecule has 0 aliphatic carbocycles. The van der Waals surface area contributed by atoms with E-state index in [0.29, 0.717) is 5.92 Å². The van der Waals surface area contributed by atoms with Crippen molar-refractivity contribution in [3.8, 4) is 10.3 Å². The third-order valence-corrected chi connectivity index (χ3v) is 6.46. The second-order valence-electron chi connectivity index (χ2n) is 7.08. The zero-order chi connectivity index (χ0) is 19.5. The summed E-state index contributed by atoms with van der Waals surface area (Å²) < 4.78 is 9.87. The van der Waals surface area contributed by atoms with Crippen LogP contribution >= 0.6 is 22.7 Å². The molecule has 1 aliphatic heterocycles. The minimum Gasteiger partial charge on any atom is -0.381 e. The van der Waals surface area contributed by atoms with Crippen molar-refractivity contribution in [2.45, 2.75) is 19.5 Å². The first-order chi connectivity index (χ1) is 14.4. The molecular formula is C19H21N7OS2. The van der Waals surface area contributed by atoms with Crippen LogP contribution in [0.5, 0.6) is 0 Å². The van der Waals surface area contributed by atoms with Crippen molar-refractivity contribution < 1.29 is 4.74 Å². The van der Waals surface area contributed by atoms with Crippen LogP contribution in [0.25, 0.3) is 10.3 Å². The molecule has 0 saturated carbocycles. The van der Waals surface area contributed by atoms with Crippen LogP contribution in [0.4, 0.5) is 0 Å². The summed E-state index contributed by atoms with van der Waals surface area (Å²) in [5.41, 5.74) is 5.94. The van der Waals surface area contributed by atoms with Gasteiger partial charge in [-0.15, -0.1) is 20.4 Å². The van der Waals surface area contributed by atoms with E-state index in [-0.39, 0.29) is 0 Å². The molecule has 0 bridgehead atoms. The van der Waals surface area contributed by atoms with Crippen molar-refractivity contribution in [3.05, 3.63) is 59.1 Å². The van der Waals surface area contributed by atoms with Gasteiger partial charge in [-0.2, -0.15) is 0 Å². The van der Waals surface area contributed by atoms with Gasteiger partial charge in [-0.1, -0.05) is 22.7 Å². The second-order valence-corrected chi connectivity index (χ2v) is 8.70. The summed E-state index contributed by atoms with van der Waals surface area (Å²) in [6.45, 7) is 4.34. The fourth-order valence-corrected chi connectivity index (χ4v) is 4.89. The Hall–Kier alpha value is -2.40. The Morgan fingerprint density at radius 3 is 2.07 bits per heavy atom. The molecule has 1 atom stereocenters. The molecule has 1 fully saturated rings. The van der Waals surface area contributed by atoms with Gasteiger partial charge in [0.25, 0.3) is 0 Å². The van der Waals surface area contributed by atoms with E-state index in [0.717, 1.165) is 49.5 Å². The Balaban J connectivity index is 1.39. The molecule has 0 unspecified atom stereocenters. The topological polar surface area (TPSA) is 73.9 Å². The van der Waals surface area contributed by atoms with E-state index in [1.807, 2.05) is 0 Å². The minimum absolute atomic E-state index is 0.560. The van der Waals surface area contributed by atoms with Gasteiger partial charge in [0.2, 0.25) is 10.3 Å². The molecule has 0 N–H and O–H groups in total. The largest absolute Gasteiger partial charge is 0.381 e. The maximum Gasteiger partial charge on any atom is 0.216 e. The smallest absolute Gasteiger partial charge is 0.216 e. The zero-order valence-corrected chi connectivity index (χ0v) is 17.4.